The Morgan fingerprint density at radius 3 is 2.66 bits per heavy atom. The van der Waals surface area contributed by atoms with Crippen LogP contribution >= 0.6 is 0 Å². The monoisotopic (exact) mass is 402 g/mol. The first kappa shape index (κ1) is 20.0. The highest BCUT2D eigenvalue weighted by Gasteiger charge is 2.74. The van der Waals surface area contributed by atoms with Crippen LogP contribution < -0.4 is 10.6 Å². The molecule has 8 heteroatoms. The van der Waals surface area contributed by atoms with Crippen LogP contribution in [0.1, 0.15) is 30.0 Å². The number of aliphatic hydroxyl groups excluding tert-OH is 1. The second kappa shape index (κ2) is 6.90. The fraction of sp³-hybridized carbons (Fsp3) is 0.571. The first-order valence-electron chi connectivity index (χ1n) is 10.1. The van der Waals surface area contributed by atoms with Gasteiger partial charge in [-0.25, -0.2) is 0 Å². The summed E-state index contributed by atoms with van der Waals surface area (Å²) in [5.41, 5.74) is 2.11. The number of nitrogens with zero attached hydrogens (tertiary/aromatic N) is 1. The van der Waals surface area contributed by atoms with Gasteiger partial charge < -0.3 is 20.5 Å². The van der Waals surface area contributed by atoms with E-state index in [2.05, 4.69) is 5.32 Å². The lowest BCUT2D eigenvalue weighted by atomic mass is 9.75. The van der Waals surface area contributed by atoms with Gasteiger partial charge in [-0.15, -0.1) is 0 Å². The van der Waals surface area contributed by atoms with Gasteiger partial charge in [0.1, 0.15) is 24.0 Å². The van der Waals surface area contributed by atoms with Crippen molar-refractivity contribution in [2.45, 2.75) is 44.9 Å². The molecule has 3 aliphatic rings. The first-order valence-corrected chi connectivity index (χ1v) is 10.1. The van der Waals surface area contributed by atoms with E-state index in [4.69, 9.17) is 4.74 Å². The van der Waals surface area contributed by atoms with Crippen molar-refractivity contribution in [2.75, 3.05) is 25.6 Å². The summed E-state index contributed by atoms with van der Waals surface area (Å²) >= 11 is 0. The molecule has 1 spiro atoms. The van der Waals surface area contributed by atoms with Crippen molar-refractivity contribution in [3.8, 4) is 0 Å². The number of quaternary nitrogens is 1. The molecule has 2 saturated heterocycles. The number of methoxy groups -OCH3 is 1. The minimum Gasteiger partial charge on any atom is -0.387 e. The average Bonchev–Trinajstić information content (AvgIpc) is 3.24. The molecular weight excluding hydrogens is 374 g/mol. The SMILES string of the molecule is COCCCN1C(=O)[C@@H]2[C@H]([C@@H](C)O)[NH2+][C@]3(C(=O)Nc4c(C)cc(C)cc43)[C@@H]2C1=O. The zero-order valence-electron chi connectivity index (χ0n) is 17.2. The fourth-order valence-corrected chi connectivity index (χ4v) is 5.43. The van der Waals surface area contributed by atoms with Crippen LogP contribution in [0.5, 0.6) is 0 Å². The molecule has 1 aromatic rings. The van der Waals surface area contributed by atoms with Gasteiger partial charge in [0.05, 0.1) is 5.69 Å². The molecule has 0 unspecified atom stereocenters. The highest BCUT2D eigenvalue weighted by Crippen LogP contribution is 2.50. The summed E-state index contributed by atoms with van der Waals surface area (Å²) in [7, 11) is 1.57. The van der Waals surface area contributed by atoms with Gasteiger partial charge in [-0.1, -0.05) is 11.6 Å². The number of nitrogens with two attached hydrogens (primary N) is 1. The third kappa shape index (κ3) is 2.66. The van der Waals surface area contributed by atoms with Crippen molar-refractivity contribution in [1.82, 2.24) is 4.90 Å². The van der Waals surface area contributed by atoms with Crippen molar-refractivity contribution in [2.24, 2.45) is 11.8 Å². The number of benzene rings is 1. The van der Waals surface area contributed by atoms with E-state index in [0.29, 0.717) is 18.7 Å². The summed E-state index contributed by atoms with van der Waals surface area (Å²) in [4.78, 5) is 41.2. The number of nitrogens with one attached hydrogen (secondary N) is 1. The molecule has 4 rings (SSSR count). The summed E-state index contributed by atoms with van der Waals surface area (Å²) in [6.07, 6.45) is -0.315. The largest absolute Gasteiger partial charge is 0.387 e. The fourth-order valence-electron chi connectivity index (χ4n) is 5.43. The number of aliphatic hydroxyl groups is 1. The van der Waals surface area contributed by atoms with E-state index in [9.17, 15) is 19.5 Å². The van der Waals surface area contributed by atoms with E-state index < -0.39 is 29.5 Å². The Labute approximate surface area is 169 Å². The number of ether oxygens (including phenoxy) is 1. The average molecular weight is 402 g/mol. The smallest absolute Gasteiger partial charge is 0.291 e. The number of fused-ring (bicyclic) bond motifs is 4. The maximum Gasteiger partial charge on any atom is 0.291 e. The van der Waals surface area contributed by atoms with Gasteiger partial charge in [-0.3, -0.25) is 19.3 Å². The Hall–Kier alpha value is -2.29. The van der Waals surface area contributed by atoms with Gasteiger partial charge in [-0.05, 0) is 38.8 Å². The topological polar surface area (TPSA) is 113 Å². The number of likely N-dealkylation sites (tertiary alicyclic amines) is 1. The molecule has 0 radical (unpaired) electrons. The molecule has 3 amide bonds. The van der Waals surface area contributed by atoms with Crippen molar-refractivity contribution in [3.63, 3.8) is 0 Å². The molecule has 3 heterocycles. The molecule has 0 bridgehead atoms. The molecule has 5 atom stereocenters. The van der Waals surface area contributed by atoms with Gasteiger partial charge in [0.2, 0.25) is 17.4 Å². The molecule has 3 aliphatic heterocycles. The lowest BCUT2D eigenvalue weighted by Gasteiger charge is -2.27. The predicted molar refractivity (Wildman–Crippen MR) is 104 cm³/mol. The van der Waals surface area contributed by atoms with Crippen LogP contribution in [0.2, 0.25) is 0 Å². The highest BCUT2D eigenvalue weighted by molar-refractivity contribution is 6.14. The number of anilines is 1. The minimum atomic E-state index is -1.23. The molecular formula is C21H28N3O5+. The summed E-state index contributed by atoms with van der Waals surface area (Å²) < 4.78 is 5.05. The van der Waals surface area contributed by atoms with Gasteiger partial charge in [0.25, 0.3) is 5.91 Å². The molecule has 0 aromatic heterocycles. The van der Waals surface area contributed by atoms with Crippen LogP contribution in [-0.2, 0) is 24.7 Å². The van der Waals surface area contributed by atoms with E-state index in [1.807, 2.05) is 26.0 Å². The number of carbonyl (C=O) groups is 3. The van der Waals surface area contributed by atoms with Crippen LogP contribution in [0.25, 0.3) is 0 Å². The van der Waals surface area contributed by atoms with Crippen molar-refractivity contribution >= 4 is 23.4 Å². The third-order valence-corrected chi connectivity index (χ3v) is 6.63. The Morgan fingerprint density at radius 2 is 2.00 bits per heavy atom. The van der Waals surface area contributed by atoms with Crippen LogP contribution in [0.4, 0.5) is 5.69 Å². The summed E-state index contributed by atoms with van der Waals surface area (Å²) in [5, 5.41) is 15.1. The maximum absolute atomic E-state index is 13.4. The van der Waals surface area contributed by atoms with Crippen LogP contribution in [-0.4, -0.2) is 60.1 Å². The lowest BCUT2D eigenvalue weighted by Crippen LogP contribution is -3.00. The van der Waals surface area contributed by atoms with Crippen molar-refractivity contribution in [3.05, 3.63) is 28.8 Å². The van der Waals surface area contributed by atoms with E-state index in [1.165, 1.54) is 4.90 Å². The Morgan fingerprint density at radius 1 is 1.28 bits per heavy atom. The van der Waals surface area contributed by atoms with Gasteiger partial charge in [0.15, 0.2) is 0 Å². The standard InChI is InChI=1S/C21H27N3O5/c1-10-8-11(2)16-13(9-10)21(20(28)22-16)15-14(17(23-21)12(3)25)18(26)24(19(15)27)6-5-7-29-4/h8-9,12,14-15,17,23,25H,5-7H2,1-4H3,(H,22,28)/p+1/t12-,14+,15+,17+,21+/m1/s1. The number of hydrogen-bond acceptors (Lipinski definition) is 5. The summed E-state index contributed by atoms with van der Waals surface area (Å²) in [6, 6.07) is 3.33. The number of aryl methyl sites for hydroxylation is 2. The number of hydrogen-bond donors (Lipinski definition) is 3. The van der Waals surface area contributed by atoms with E-state index in [1.54, 1.807) is 19.4 Å². The molecule has 29 heavy (non-hydrogen) atoms. The first-order chi connectivity index (χ1) is 13.7. The van der Waals surface area contributed by atoms with Crippen LogP contribution in [0.15, 0.2) is 12.1 Å². The third-order valence-electron chi connectivity index (χ3n) is 6.63. The number of amides is 3. The highest BCUT2D eigenvalue weighted by atomic mass is 16.5. The number of imide groups is 1. The zero-order valence-corrected chi connectivity index (χ0v) is 17.2. The molecule has 156 valence electrons. The van der Waals surface area contributed by atoms with E-state index in [0.717, 1.165) is 16.7 Å². The molecule has 0 aliphatic carbocycles. The van der Waals surface area contributed by atoms with Crippen LogP contribution in [0, 0.1) is 25.7 Å². The molecule has 2 fully saturated rings. The second-order valence-corrected chi connectivity index (χ2v) is 8.49. The van der Waals surface area contributed by atoms with Crippen molar-refractivity contribution in [1.29, 1.82) is 0 Å². The van der Waals surface area contributed by atoms with Crippen LogP contribution in [0.3, 0.4) is 0 Å². The molecule has 8 nitrogen and oxygen atoms in total. The Kier molecular flexibility index (Phi) is 4.76. The Bertz CT molecular complexity index is 899. The van der Waals surface area contributed by atoms with Gasteiger partial charge in [0, 0.05) is 25.8 Å². The summed E-state index contributed by atoms with van der Waals surface area (Å²) in [5.74, 6) is -2.50. The Balaban J connectivity index is 1.84. The normalized spacial score (nSPS) is 31.4. The zero-order chi connectivity index (χ0) is 21.1. The minimum absolute atomic E-state index is 0.252. The number of carbonyl (C=O) groups excluding carboxylic acids is 3. The van der Waals surface area contributed by atoms with E-state index in [-0.39, 0.29) is 24.3 Å². The second-order valence-electron chi connectivity index (χ2n) is 8.49. The molecule has 4 N–H and O–H groups in total. The summed E-state index contributed by atoms with van der Waals surface area (Å²) in [6.45, 7) is 6.16. The predicted octanol–water partition coefficient (Wildman–Crippen LogP) is -0.585. The maximum atomic E-state index is 13.4. The van der Waals surface area contributed by atoms with E-state index >= 15 is 0 Å². The number of rotatable bonds is 5. The quantitative estimate of drug-likeness (QED) is 0.450. The van der Waals surface area contributed by atoms with Gasteiger partial charge in [-0.2, -0.15) is 0 Å². The molecule has 0 saturated carbocycles. The van der Waals surface area contributed by atoms with Crippen molar-refractivity contribution < 1.29 is 29.5 Å². The van der Waals surface area contributed by atoms with Gasteiger partial charge >= 0.3 is 0 Å². The lowest BCUT2D eigenvalue weighted by molar-refractivity contribution is -0.738. The molecule has 1 aromatic carbocycles.